The SMILES string of the molecule is C=C(C)C1=C(SC)n2c(C)nnc2CN=C1c1ccc(Cl)cc1. The van der Waals surface area contributed by atoms with Crippen LogP contribution in [-0.2, 0) is 6.54 Å². The molecule has 4 nitrogen and oxygen atoms in total. The molecule has 0 amide bonds. The smallest absolute Gasteiger partial charge is 0.159 e. The van der Waals surface area contributed by atoms with Crippen LogP contribution >= 0.6 is 23.4 Å². The van der Waals surface area contributed by atoms with Gasteiger partial charge in [0.15, 0.2) is 5.82 Å². The molecule has 118 valence electrons. The lowest BCUT2D eigenvalue weighted by molar-refractivity contribution is 0.880. The molecule has 2 aromatic rings. The van der Waals surface area contributed by atoms with Crippen LogP contribution in [0.5, 0.6) is 0 Å². The van der Waals surface area contributed by atoms with Crippen LogP contribution in [0, 0.1) is 6.92 Å². The van der Waals surface area contributed by atoms with E-state index in [1.165, 1.54) is 0 Å². The molecule has 0 radical (unpaired) electrons. The number of benzene rings is 1. The average Bonchev–Trinajstić information content (AvgIpc) is 2.80. The number of fused-ring (bicyclic) bond motifs is 1. The van der Waals surface area contributed by atoms with Crippen LogP contribution in [-0.4, -0.2) is 26.7 Å². The van der Waals surface area contributed by atoms with E-state index in [9.17, 15) is 0 Å². The predicted octanol–water partition coefficient (Wildman–Crippen LogP) is 4.35. The van der Waals surface area contributed by atoms with Gasteiger partial charge in [-0.05, 0) is 37.8 Å². The van der Waals surface area contributed by atoms with E-state index < -0.39 is 0 Å². The first kappa shape index (κ1) is 16.0. The van der Waals surface area contributed by atoms with Gasteiger partial charge < -0.3 is 0 Å². The lowest BCUT2D eigenvalue weighted by Gasteiger charge is -2.16. The van der Waals surface area contributed by atoms with E-state index in [1.54, 1.807) is 11.8 Å². The molecule has 0 spiro atoms. The number of rotatable bonds is 3. The molecule has 1 aromatic carbocycles. The molecule has 1 aliphatic rings. The molecule has 0 aliphatic carbocycles. The number of thioether (sulfide) groups is 1. The molecule has 6 heteroatoms. The molecule has 0 bridgehead atoms. The second kappa shape index (κ2) is 6.34. The summed E-state index contributed by atoms with van der Waals surface area (Å²) in [6, 6.07) is 7.73. The Balaban J connectivity index is 2.26. The molecule has 0 unspecified atom stereocenters. The Hall–Kier alpha value is -1.85. The molecule has 2 heterocycles. The van der Waals surface area contributed by atoms with Crippen molar-refractivity contribution in [3.8, 4) is 0 Å². The van der Waals surface area contributed by atoms with Crippen molar-refractivity contribution in [1.29, 1.82) is 0 Å². The Kier molecular flexibility index (Phi) is 4.41. The Bertz CT molecular complexity index is 831. The summed E-state index contributed by atoms with van der Waals surface area (Å²) in [6.07, 6.45) is 2.05. The van der Waals surface area contributed by atoms with Crippen molar-refractivity contribution in [2.24, 2.45) is 4.99 Å². The maximum Gasteiger partial charge on any atom is 0.159 e. The number of aromatic nitrogens is 3. The Morgan fingerprint density at radius 2 is 1.96 bits per heavy atom. The zero-order chi connectivity index (χ0) is 16.6. The van der Waals surface area contributed by atoms with Crippen LogP contribution in [0.25, 0.3) is 5.03 Å². The van der Waals surface area contributed by atoms with Gasteiger partial charge in [0, 0.05) is 16.2 Å². The average molecular weight is 345 g/mol. The minimum absolute atomic E-state index is 0.486. The Morgan fingerprint density at radius 1 is 1.26 bits per heavy atom. The van der Waals surface area contributed by atoms with Crippen LogP contribution in [0.4, 0.5) is 0 Å². The summed E-state index contributed by atoms with van der Waals surface area (Å²) in [7, 11) is 0. The number of aryl methyl sites for hydroxylation is 1. The number of halogens is 1. The monoisotopic (exact) mass is 344 g/mol. The molecule has 23 heavy (non-hydrogen) atoms. The summed E-state index contributed by atoms with van der Waals surface area (Å²) in [6.45, 7) is 8.61. The number of hydrogen-bond acceptors (Lipinski definition) is 4. The van der Waals surface area contributed by atoms with E-state index >= 15 is 0 Å². The van der Waals surface area contributed by atoms with Gasteiger partial charge >= 0.3 is 0 Å². The van der Waals surface area contributed by atoms with E-state index in [1.807, 2.05) is 44.4 Å². The molecule has 0 saturated carbocycles. The number of hydrogen-bond donors (Lipinski definition) is 0. The second-order valence-corrected chi connectivity index (χ2v) is 6.57. The summed E-state index contributed by atoms with van der Waals surface area (Å²) in [5.41, 5.74) is 3.93. The minimum Gasteiger partial charge on any atom is -0.276 e. The summed E-state index contributed by atoms with van der Waals surface area (Å²) in [5.74, 6) is 1.70. The third-order valence-corrected chi connectivity index (χ3v) is 4.69. The fraction of sp³-hybridized carbons (Fsp3) is 0.235. The summed E-state index contributed by atoms with van der Waals surface area (Å²) >= 11 is 7.67. The van der Waals surface area contributed by atoms with E-state index in [0.717, 1.165) is 39.1 Å². The zero-order valence-corrected chi connectivity index (χ0v) is 14.9. The second-order valence-electron chi connectivity index (χ2n) is 5.34. The maximum atomic E-state index is 6.02. The lowest BCUT2D eigenvalue weighted by atomic mass is 9.98. The van der Waals surface area contributed by atoms with Gasteiger partial charge in [0.2, 0.25) is 0 Å². The van der Waals surface area contributed by atoms with Crippen LogP contribution in [0.3, 0.4) is 0 Å². The van der Waals surface area contributed by atoms with Gasteiger partial charge in [-0.15, -0.1) is 22.0 Å². The minimum atomic E-state index is 0.486. The van der Waals surface area contributed by atoms with Crippen molar-refractivity contribution >= 4 is 34.1 Å². The standard InChI is InChI=1S/C17H17ClN4S/c1-10(2)15-16(12-5-7-13(18)8-6-12)19-9-14-21-20-11(3)22(14)17(15)23-4/h5-8H,1,9H2,2-4H3. The molecular formula is C17H17ClN4S. The van der Waals surface area contributed by atoms with Gasteiger partial charge in [0.05, 0.1) is 10.7 Å². The molecule has 1 aliphatic heterocycles. The van der Waals surface area contributed by atoms with E-state index in [4.69, 9.17) is 16.6 Å². The van der Waals surface area contributed by atoms with E-state index in [0.29, 0.717) is 11.6 Å². The largest absolute Gasteiger partial charge is 0.276 e. The normalized spacial score (nSPS) is 14.3. The van der Waals surface area contributed by atoms with Crippen molar-refractivity contribution < 1.29 is 0 Å². The highest BCUT2D eigenvalue weighted by molar-refractivity contribution is 8.07. The third-order valence-electron chi connectivity index (χ3n) is 3.66. The van der Waals surface area contributed by atoms with Crippen LogP contribution < -0.4 is 0 Å². The third kappa shape index (κ3) is 2.86. The molecule has 1 aromatic heterocycles. The first-order valence-corrected chi connectivity index (χ1v) is 8.79. The molecule has 0 fully saturated rings. The summed E-state index contributed by atoms with van der Waals surface area (Å²) < 4.78 is 2.07. The molecule has 3 rings (SSSR count). The number of nitrogens with zero attached hydrogens (tertiary/aromatic N) is 4. The van der Waals surface area contributed by atoms with Crippen molar-refractivity contribution in [1.82, 2.24) is 14.8 Å². The van der Waals surface area contributed by atoms with Crippen LogP contribution in [0.1, 0.15) is 24.1 Å². The van der Waals surface area contributed by atoms with Crippen molar-refractivity contribution in [3.05, 3.63) is 64.2 Å². The highest BCUT2D eigenvalue weighted by Crippen LogP contribution is 2.34. The Morgan fingerprint density at radius 3 is 2.57 bits per heavy atom. The first-order valence-electron chi connectivity index (χ1n) is 7.19. The first-order chi connectivity index (χ1) is 11.0. The van der Waals surface area contributed by atoms with Crippen LogP contribution in [0.15, 0.2) is 47.0 Å². The fourth-order valence-corrected chi connectivity index (χ4v) is 3.66. The molecule has 0 N–H and O–H groups in total. The summed E-state index contributed by atoms with van der Waals surface area (Å²) in [5, 5.41) is 10.2. The zero-order valence-electron chi connectivity index (χ0n) is 13.3. The number of allylic oxidation sites excluding steroid dienone is 2. The van der Waals surface area contributed by atoms with E-state index in [2.05, 4.69) is 21.3 Å². The topological polar surface area (TPSA) is 43.1 Å². The Labute approximate surface area is 145 Å². The lowest BCUT2D eigenvalue weighted by Crippen LogP contribution is -2.10. The van der Waals surface area contributed by atoms with Gasteiger partial charge in [-0.2, -0.15) is 0 Å². The van der Waals surface area contributed by atoms with Gasteiger partial charge in [-0.25, -0.2) is 0 Å². The maximum absolute atomic E-state index is 6.02. The van der Waals surface area contributed by atoms with Gasteiger partial charge in [-0.3, -0.25) is 9.56 Å². The highest BCUT2D eigenvalue weighted by Gasteiger charge is 2.24. The van der Waals surface area contributed by atoms with E-state index in [-0.39, 0.29) is 0 Å². The summed E-state index contributed by atoms with van der Waals surface area (Å²) in [4.78, 5) is 4.80. The fourth-order valence-electron chi connectivity index (χ4n) is 2.64. The van der Waals surface area contributed by atoms with Crippen molar-refractivity contribution in [2.45, 2.75) is 20.4 Å². The van der Waals surface area contributed by atoms with Gasteiger partial charge in [0.1, 0.15) is 12.4 Å². The molecule has 0 saturated heterocycles. The quantitative estimate of drug-likeness (QED) is 0.831. The molecule has 0 atom stereocenters. The van der Waals surface area contributed by atoms with Crippen LogP contribution in [0.2, 0.25) is 5.02 Å². The van der Waals surface area contributed by atoms with Crippen molar-refractivity contribution in [3.63, 3.8) is 0 Å². The molecular weight excluding hydrogens is 328 g/mol. The van der Waals surface area contributed by atoms with Gasteiger partial charge in [0.25, 0.3) is 0 Å². The van der Waals surface area contributed by atoms with Crippen molar-refractivity contribution in [2.75, 3.05) is 6.26 Å². The predicted molar refractivity (Wildman–Crippen MR) is 98.0 cm³/mol. The number of aliphatic imine (C=N–C) groups is 1. The highest BCUT2D eigenvalue weighted by atomic mass is 35.5. The van der Waals surface area contributed by atoms with Gasteiger partial charge in [-0.1, -0.05) is 30.3 Å².